The Kier molecular flexibility index (Phi) is 6.18. The lowest BCUT2D eigenvalue weighted by atomic mass is 10.4. The molecule has 0 aliphatic heterocycles. The van der Waals surface area contributed by atoms with E-state index in [-0.39, 0.29) is 5.97 Å². The first-order chi connectivity index (χ1) is 4.81. The molecule has 1 radical (unpaired) electrons. The van der Waals surface area contributed by atoms with Gasteiger partial charge in [0.2, 0.25) is 0 Å². The molecule has 0 aromatic heterocycles. The molecule has 0 unspecified atom stereocenters. The molecule has 0 amide bonds. The summed E-state index contributed by atoms with van der Waals surface area (Å²) in [6.07, 6.45) is 1.07. The number of carbonyl (C=O) groups excluding carboxylic acids is 1. The van der Waals surface area contributed by atoms with Gasteiger partial charge in [-0.3, -0.25) is 4.79 Å². The number of ether oxygens (including phenoxy) is 2. The lowest BCUT2D eigenvalue weighted by molar-refractivity contribution is -0.141. The molecule has 0 saturated heterocycles. The van der Waals surface area contributed by atoms with Crippen molar-refractivity contribution in [2.75, 3.05) is 20.3 Å². The highest BCUT2D eigenvalue weighted by molar-refractivity contribution is 5.69. The van der Waals surface area contributed by atoms with Gasteiger partial charge < -0.3 is 9.47 Å². The summed E-state index contributed by atoms with van der Waals surface area (Å²) in [5, 5.41) is 0. The van der Waals surface area contributed by atoms with E-state index in [9.17, 15) is 4.79 Å². The molecular formula is C7H13O3. The zero-order chi connectivity index (χ0) is 7.82. The number of methoxy groups -OCH3 is 1. The van der Waals surface area contributed by atoms with Crippen molar-refractivity contribution in [2.24, 2.45) is 0 Å². The Morgan fingerprint density at radius 2 is 2.20 bits per heavy atom. The van der Waals surface area contributed by atoms with Crippen LogP contribution in [0, 0.1) is 6.92 Å². The molecule has 0 saturated carbocycles. The molecule has 0 aliphatic rings. The number of esters is 1. The summed E-state index contributed by atoms with van der Waals surface area (Å²) in [4.78, 5) is 10.5. The van der Waals surface area contributed by atoms with Gasteiger partial charge in [0, 0.05) is 6.61 Å². The Labute approximate surface area is 61.3 Å². The van der Waals surface area contributed by atoms with E-state index in [0.717, 1.165) is 6.42 Å². The van der Waals surface area contributed by atoms with Gasteiger partial charge in [0.15, 0.2) is 0 Å². The highest BCUT2D eigenvalue weighted by Crippen LogP contribution is 1.86. The van der Waals surface area contributed by atoms with Crippen molar-refractivity contribution >= 4 is 5.97 Å². The zero-order valence-corrected chi connectivity index (χ0v) is 6.26. The molecular weight excluding hydrogens is 132 g/mol. The minimum Gasteiger partial charge on any atom is -0.469 e. The van der Waals surface area contributed by atoms with Crippen molar-refractivity contribution in [1.29, 1.82) is 0 Å². The summed E-state index contributed by atoms with van der Waals surface area (Å²) in [6.45, 7) is 4.62. The van der Waals surface area contributed by atoms with Gasteiger partial charge in [-0.2, -0.15) is 0 Å². The van der Waals surface area contributed by atoms with Gasteiger partial charge in [-0.25, -0.2) is 0 Å². The SMILES string of the molecule is [CH2]CCOCCC(=O)OC. The highest BCUT2D eigenvalue weighted by Gasteiger charge is 1.97. The number of rotatable bonds is 5. The first-order valence-electron chi connectivity index (χ1n) is 3.25. The largest absolute Gasteiger partial charge is 0.469 e. The number of carbonyl (C=O) groups is 1. The Morgan fingerprint density at radius 1 is 1.50 bits per heavy atom. The lowest BCUT2D eigenvalue weighted by Gasteiger charge is -1.99. The van der Waals surface area contributed by atoms with Gasteiger partial charge >= 0.3 is 5.97 Å². The van der Waals surface area contributed by atoms with Crippen LogP contribution in [-0.4, -0.2) is 26.3 Å². The third-order valence-electron chi connectivity index (χ3n) is 0.967. The van der Waals surface area contributed by atoms with Gasteiger partial charge in [0.1, 0.15) is 0 Å². The van der Waals surface area contributed by atoms with Crippen LogP contribution < -0.4 is 0 Å². The lowest BCUT2D eigenvalue weighted by Crippen LogP contribution is -2.05. The van der Waals surface area contributed by atoms with E-state index in [4.69, 9.17) is 4.74 Å². The summed E-state index contributed by atoms with van der Waals surface area (Å²) in [5.74, 6) is -0.232. The fourth-order valence-electron chi connectivity index (χ4n) is 0.462. The predicted octanol–water partition coefficient (Wildman–Crippen LogP) is 0.790. The van der Waals surface area contributed by atoms with Crippen LogP contribution in [-0.2, 0) is 14.3 Å². The number of hydrogen-bond acceptors (Lipinski definition) is 3. The van der Waals surface area contributed by atoms with E-state index in [2.05, 4.69) is 11.7 Å². The van der Waals surface area contributed by atoms with Crippen LogP contribution in [0.2, 0.25) is 0 Å². The second kappa shape index (κ2) is 6.55. The van der Waals surface area contributed by atoms with E-state index in [1.165, 1.54) is 7.11 Å². The van der Waals surface area contributed by atoms with Gasteiger partial charge in [-0.05, 0) is 6.42 Å². The second-order valence-electron chi connectivity index (χ2n) is 1.79. The minimum absolute atomic E-state index is 0.232. The van der Waals surface area contributed by atoms with Gasteiger partial charge in [0.05, 0.1) is 20.1 Å². The smallest absolute Gasteiger partial charge is 0.307 e. The maximum atomic E-state index is 10.5. The van der Waals surface area contributed by atoms with Gasteiger partial charge in [-0.1, -0.05) is 6.92 Å². The van der Waals surface area contributed by atoms with E-state index in [1.54, 1.807) is 0 Å². The summed E-state index contributed by atoms with van der Waals surface area (Å²) < 4.78 is 9.39. The fourth-order valence-corrected chi connectivity index (χ4v) is 0.462. The average molecular weight is 145 g/mol. The van der Waals surface area contributed by atoms with Crippen molar-refractivity contribution in [1.82, 2.24) is 0 Å². The van der Waals surface area contributed by atoms with Crippen LogP contribution in [0.15, 0.2) is 0 Å². The Morgan fingerprint density at radius 3 is 2.70 bits per heavy atom. The molecule has 10 heavy (non-hydrogen) atoms. The molecule has 0 spiro atoms. The van der Waals surface area contributed by atoms with E-state index in [1.807, 2.05) is 0 Å². The van der Waals surface area contributed by atoms with Crippen molar-refractivity contribution in [2.45, 2.75) is 12.8 Å². The van der Waals surface area contributed by atoms with Crippen molar-refractivity contribution < 1.29 is 14.3 Å². The third kappa shape index (κ3) is 5.56. The fraction of sp³-hybridized carbons (Fsp3) is 0.714. The molecule has 0 aliphatic carbocycles. The predicted molar refractivity (Wildman–Crippen MR) is 37.4 cm³/mol. The molecule has 0 heterocycles. The first kappa shape index (κ1) is 9.43. The first-order valence-corrected chi connectivity index (χ1v) is 3.25. The van der Waals surface area contributed by atoms with Crippen LogP contribution in [0.1, 0.15) is 12.8 Å². The molecule has 0 fully saturated rings. The van der Waals surface area contributed by atoms with Crippen molar-refractivity contribution in [3.63, 3.8) is 0 Å². The Hall–Kier alpha value is -0.570. The van der Waals surface area contributed by atoms with Crippen LogP contribution in [0.4, 0.5) is 0 Å². The molecule has 3 heteroatoms. The molecule has 0 aromatic carbocycles. The monoisotopic (exact) mass is 145 g/mol. The Bertz CT molecular complexity index is 90.9. The molecule has 59 valence electrons. The molecule has 0 aromatic rings. The molecule has 3 nitrogen and oxygen atoms in total. The second-order valence-corrected chi connectivity index (χ2v) is 1.79. The normalized spacial score (nSPS) is 9.40. The quantitative estimate of drug-likeness (QED) is 0.424. The van der Waals surface area contributed by atoms with Crippen LogP contribution >= 0.6 is 0 Å². The average Bonchev–Trinajstić information content (AvgIpc) is 1.98. The van der Waals surface area contributed by atoms with Crippen molar-refractivity contribution in [3.05, 3.63) is 6.92 Å². The number of hydrogen-bond donors (Lipinski definition) is 0. The maximum Gasteiger partial charge on any atom is 0.307 e. The standard InChI is InChI=1S/C7H13O3/c1-3-5-10-6-4-7(8)9-2/h1,3-6H2,2H3. The molecule has 0 atom stereocenters. The van der Waals surface area contributed by atoms with Crippen molar-refractivity contribution in [3.8, 4) is 0 Å². The Balaban J connectivity index is 2.96. The topological polar surface area (TPSA) is 35.5 Å². The van der Waals surface area contributed by atoms with Gasteiger partial charge in [0.25, 0.3) is 0 Å². The summed E-state index contributed by atoms with van der Waals surface area (Å²) in [7, 11) is 1.36. The van der Waals surface area contributed by atoms with E-state index in [0.29, 0.717) is 19.6 Å². The zero-order valence-electron chi connectivity index (χ0n) is 6.26. The summed E-state index contributed by atoms with van der Waals surface area (Å²) in [5.41, 5.74) is 0. The maximum absolute atomic E-state index is 10.5. The van der Waals surface area contributed by atoms with E-state index < -0.39 is 0 Å². The highest BCUT2D eigenvalue weighted by atomic mass is 16.5. The van der Waals surface area contributed by atoms with E-state index >= 15 is 0 Å². The molecule has 0 bridgehead atoms. The summed E-state index contributed by atoms with van der Waals surface area (Å²) in [6, 6.07) is 0. The van der Waals surface area contributed by atoms with Crippen LogP contribution in [0.25, 0.3) is 0 Å². The molecule has 0 rings (SSSR count). The minimum atomic E-state index is -0.232. The molecule has 0 N–H and O–H groups in total. The summed E-state index contributed by atoms with van der Waals surface area (Å²) >= 11 is 0. The van der Waals surface area contributed by atoms with Gasteiger partial charge in [-0.15, -0.1) is 0 Å². The third-order valence-corrected chi connectivity index (χ3v) is 0.967. The van der Waals surface area contributed by atoms with Crippen LogP contribution in [0.3, 0.4) is 0 Å². The van der Waals surface area contributed by atoms with Crippen LogP contribution in [0.5, 0.6) is 0 Å².